The van der Waals surface area contributed by atoms with E-state index in [9.17, 15) is 14.4 Å². The van der Waals surface area contributed by atoms with Crippen LogP contribution in [0, 0.1) is 0 Å². The first-order valence-corrected chi connectivity index (χ1v) is 10.1. The van der Waals surface area contributed by atoms with Gasteiger partial charge in [0.25, 0.3) is 5.91 Å². The molecule has 7 heteroatoms. The van der Waals surface area contributed by atoms with E-state index in [1.165, 1.54) is 6.92 Å². The lowest BCUT2D eigenvalue weighted by molar-refractivity contribution is -0.133. The molecule has 0 atom stereocenters. The molecule has 0 unspecified atom stereocenters. The normalized spacial score (nSPS) is 13.6. The van der Waals surface area contributed by atoms with Crippen LogP contribution in [0.25, 0.3) is 0 Å². The monoisotopic (exact) mass is 410 g/mol. The summed E-state index contributed by atoms with van der Waals surface area (Å²) in [5.41, 5.74) is 0.464. The molecule has 2 aromatic rings. The molecule has 1 saturated heterocycles. The van der Waals surface area contributed by atoms with E-state index >= 15 is 0 Å². The van der Waals surface area contributed by atoms with Gasteiger partial charge in [0.15, 0.2) is 0 Å². The van der Waals surface area contributed by atoms with E-state index in [0.717, 1.165) is 5.75 Å². The predicted molar refractivity (Wildman–Crippen MR) is 111 cm³/mol. The second kappa shape index (κ2) is 10.4. The minimum absolute atomic E-state index is 0.0793. The predicted octanol–water partition coefficient (Wildman–Crippen LogP) is 2.76. The fourth-order valence-electron chi connectivity index (χ4n) is 3.29. The molecule has 1 aliphatic rings. The third-order valence-electron chi connectivity index (χ3n) is 4.81. The number of benzene rings is 2. The SMILES string of the molecule is CC(=O)Oc1cccc(C(=O)N2CCN(C(=O)CCCOc3ccccc3)CC2)c1. The Bertz CT molecular complexity index is 876. The Morgan fingerprint density at radius 1 is 0.867 bits per heavy atom. The van der Waals surface area contributed by atoms with Crippen molar-refractivity contribution < 1.29 is 23.9 Å². The van der Waals surface area contributed by atoms with Gasteiger partial charge in [-0.2, -0.15) is 0 Å². The highest BCUT2D eigenvalue weighted by Gasteiger charge is 2.24. The molecular weight excluding hydrogens is 384 g/mol. The first-order chi connectivity index (χ1) is 14.5. The Morgan fingerprint density at radius 3 is 2.23 bits per heavy atom. The molecular formula is C23H26N2O5. The van der Waals surface area contributed by atoms with Crippen molar-refractivity contribution in [2.75, 3.05) is 32.8 Å². The van der Waals surface area contributed by atoms with Crippen LogP contribution < -0.4 is 9.47 Å². The number of piperazine rings is 1. The number of ether oxygens (including phenoxy) is 2. The lowest BCUT2D eigenvalue weighted by Crippen LogP contribution is -2.50. The Morgan fingerprint density at radius 2 is 1.53 bits per heavy atom. The van der Waals surface area contributed by atoms with Crippen molar-refractivity contribution in [1.29, 1.82) is 0 Å². The molecule has 30 heavy (non-hydrogen) atoms. The maximum atomic E-state index is 12.7. The maximum Gasteiger partial charge on any atom is 0.308 e. The molecule has 2 amide bonds. The maximum absolute atomic E-state index is 12.7. The summed E-state index contributed by atoms with van der Waals surface area (Å²) in [4.78, 5) is 39.8. The summed E-state index contributed by atoms with van der Waals surface area (Å²) in [6.07, 6.45) is 1.07. The van der Waals surface area contributed by atoms with Gasteiger partial charge in [0.05, 0.1) is 6.61 Å². The number of nitrogens with zero attached hydrogens (tertiary/aromatic N) is 2. The average Bonchev–Trinajstić information content (AvgIpc) is 2.76. The Balaban J connectivity index is 1.42. The van der Waals surface area contributed by atoms with Gasteiger partial charge < -0.3 is 19.3 Å². The molecule has 1 heterocycles. The van der Waals surface area contributed by atoms with Crippen LogP contribution in [0.2, 0.25) is 0 Å². The number of carbonyl (C=O) groups is 3. The Hall–Kier alpha value is -3.35. The third kappa shape index (κ3) is 6.07. The summed E-state index contributed by atoms with van der Waals surface area (Å²) in [6, 6.07) is 16.1. The highest BCUT2D eigenvalue weighted by atomic mass is 16.5. The molecule has 0 saturated carbocycles. The summed E-state index contributed by atoms with van der Waals surface area (Å²) in [5.74, 6) is 0.665. The molecule has 158 valence electrons. The van der Waals surface area contributed by atoms with Crippen molar-refractivity contribution in [3.63, 3.8) is 0 Å². The van der Waals surface area contributed by atoms with Gasteiger partial charge in [0.2, 0.25) is 5.91 Å². The molecule has 0 N–H and O–H groups in total. The molecule has 1 fully saturated rings. The highest BCUT2D eigenvalue weighted by molar-refractivity contribution is 5.95. The summed E-state index contributed by atoms with van der Waals surface area (Å²) in [7, 11) is 0. The van der Waals surface area contributed by atoms with Crippen LogP contribution in [-0.2, 0) is 9.59 Å². The van der Waals surface area contributed by atoms with Crippen LogP contribution >= 0.6 is 0 Å². The molecule has 0 bridgehead atoms. The van der Waals surface area contributed by atoms with Gasteiger partial charge >= 0.3 is 5.97 Å². The van der Waals surface area contributed by atoms with Crippen LogP contribution in [0.3, 0.4) is 0 Å². The summed E-state index contributed by atoms with van der Waals surface area (Å²) in [6.45, 7) is 3.78. The number of amides is 2. The summed E-state index contributed by atoms with van der Waals surface area (Å²) < 4.78 is 10.7. The van der Waals surface area contributed by atoms with Gasteiger partial charge in [0.1, 0.15) is 11.5 Å². The van der Waals surface area contributed by atoms with Crippen molar-refractivity contribution in [3.8, 4) is 11.5 Å². The number of carbonyl (C=O) groups excluding carboxylic acids is 3. The van der Waals surface area contributed by atoms with Crippen molar-refractivity contribution in [2.45, 2.75) is 19.8 Å². The van der Waals surface area contributed by atoms with Gasteiger partial charge in [-0.1, -0.05) is 24.3 Å². The fraction of sp³-hybridized carbons (Fsp3) is 0.348. The van der Waals surface area contributed by atoms with Crippen LogP contribution in [0.5, 0.6) is 11.5 Å². The molecule has 0 spiro atoms. The van der Waals surface area contributed by atoms with Crippen LogP contribution in [0.15, 0.2) is 54.6 Å². The zero-order chi connectivity index (χ0) is 21.3. The zero-order valence-corrected chi connectivity index (χ0v) is 17.1. The second-order valence-electron chi connectivity index (χ2n) is 7.06. The smallest absolute Gasteiger partial charge is 0.308 e. The van der Waals surface area contributed by atoms with E-state index in [-0.39, 0.29) is 11.8 Å². The number of rotatable bonds is 7. The van der Waals surface area contributed by atoms with Gasteiger partial charge in [-0.15, -0.1) is 0 Å². The summed E-state index contributed by atoms with van der Waals surface area (Å²) in [5, 5.41) is 0. The zero-order valence-electron chi connectivity index (χ0n) is 17.1. The van der Waals surface area contributed by atoms with Crippen molar-refractivity contribution in [2.24, 2.45) is 0 Å². The van der Waals surface area contributed by atoms with E-state index in [1.807, 2.05) is 30.3 Å². The van der Waals surface area contributed by atoms with Crippen LogP contribution in [0.1, 0.15) is 30.1 Å². The van der Waals surface area contributed by atoms with E-state index < -0.39 is 5.97 Å². The number of para-hydroxylation sites is 1. The molecule has 3 rings (SSSR count). The van der Waals surface area contributed by atoms with Crippen molar-refractivity contribution >= 4 is 17.8 Å². The van der Waals surface area contributed by atoms with E-state index in [2.05, 4.69) is 0 Å². The van der Waals surface area contributed by atoms with Crippen LogP contribution in [0.4, 0.5) is 0 Å². The lowest BCUT2D eigenvalue weighted by Gasteiger charge is -2.35. The molecule has 0 aromatic heterocycles. The first kappa shape index (κ1) is 21.4. The second-order valence-corrected chi connectivity index (χ2v) is 7.06. The standard InChI is InChI=1S/C23H26N2O5/c1-18(26)30-21-10-5-7-19(17-21)23(28)25-14-12-24(13-15-25)22(27)11-6-16-29-20-8-3-2-4-9-20/h2-5,7-10,17H,6,11-16H2,1H3. The van der Waals surface area contributed by atoms with Gasteiger partial charge in [-0.25, -0.2) is 0 Å². The van der Waals surface area contributed by atoms with Crippen molar-refractivity contribution in [3.05, 3.63) is 60.2 Å². The Labute approximate surface area is 176 Å². The van der Waals surface area contributed by atoms with Gasteiger partial charge in [0, 0.05) is 45.1 Å². The lowest BCUT2D eigenvalue weighted by atomic mass is 10.1. The third-order valence-corrected chi connectivity index (χ3v) is 4.81. The minimum atomic E-state index is -0.430. The average molecular weight is 410 g/mol. The van der Waals surface area contributed by atoms with E-state index in [0.29, 0.717) is 56.9 Å². The molecule has 0 radical (unpaired) electrons. The number of esters is 1. The topological polar surface area (TPSA) is 76.2 Å². The van der Waals surface area contributed by atoms with E-state index in [4.69, 9.17) is 9.47 Å². The fourth-order valence-corrected chi connectivity index (χ4v) is 3.29. The first-order valence-electron chi connectivity index (χ1n) is 10.1. The molecule has 7 nitrogen and oxygen atoms in total. The molecule has 1 aliphatic heterocycles. The van der Waals surface area contributed by atoms with Gasteiger partial charge in [-0.05, 0) is 36.8 Å². The Kier molecular flexibility index (Phi) is 7.43. The molecule has 0 aliphatic carbocycles. The van der Waals surface area contributed by atoms with Crippen LogP contribution in [-0.4, -0.2) is 60.4 Å². The summed E-state index contributed by atoms with van der Waals surface area (Å²) >= 11 is 0. The minimum Gasteiger partial charge on any atom is -0.494 e. The van der Waals surface area contributed by atoms with Gasteiger partial charge in [-0.3, -0.25) is 14.4 Å². The van der Waals surface area contributed by atoms with E-state index in [1.54, 1.807) is 34.1 Å². The quantitative estimate of drug-likeness (QED) is 0.399. The van der Waals surface area contributed by atoms with Crippen molar-refractivity contribution in [1.82, 2.24) is 9.80 Å². The number of hydrogen-bond donors (Lipinski definition) is 0. The molecule has 2 aromatic carbocycles. The largest absolute Gasteiger partial charge is 0.494 e. The number of hydrogen-bond acceptors (Lipinski definition) is 5. The highest BCUT2D eigenvalue weighted by Crippen LogP contribution is 2.17.